The molecule has 1 heterocycles. The van der Waals surface area contributed by atoms with Gasteiger partial charge in [-0.3, -0.25) is 4.21 Å². The van der Waals surface area contributed by atoms with Crippen LogP contribution in [0, 0.1) is 0 Å². The van der Waals surface area contributed by atoms with Crippen LogP contribution in [-0.4, -0.2) is 71.7 Å². The zero-order valence-corrected chi connectivity index (χ0v) is 15.0. The summed E-state index contributed by atoms with van der Waals surface area (Å²) in [5, 5.41) is 3.44. The Bertz CT molecular complexity index is 361. The third-order valence-electron chi connectivity index (χ3n) is 3.42. The summed E-state index contributed by atoms with van der Waals surface area (Å²) in [6.45, 7) is 7.88. The van der Waals surface area contributed by atoms with Crippen molar-refractivity contribution in [2.45, 2.75) is 45.3 Å². The fourth-order valence-electron chi connectivity index (χ4n) is 2.22. The number of carbonyl (C=O) groups is 1. The topological polar surface area (TPSA) is 67.9 Å². The number of rotatable bonds is 7. The van der Waals surface area contributed by atoms with Crippen LogP contribution >= 0.6 is 0 Å². The number of hydrogen-bond acceptors (Lipinski definition) is 5. The van der Waals surface area contributed by atoms with Crippen LogP contribution in [0.5, 0.6) is 0 Å². The molecule has 1 saturated heterocycles. The third-order valence-corrected chi connectivity index (χ3v) is 4.80. The second-order valence-electron chi connectivity index (χ2n) is 6.54. The van der Waals surface area contributed by atoms with Crippen molar-refractivity contribution in [3.63, 3.8) is 0 Å². The van der Waals surface area contributed by atoms with Gasteiger partial charge in [-0.15, -0.1) is 0 Å². The maximum atomic E-state index is 12.2. The van der Waals surface area contributed by atoms with E-state index in [0.717, 1.165) is 24.3 Å². The molecule has 1 rings (SSSR count). The first-order valence-electron chi connectivity index (χ1n) is 7.87. The van der Waals surface area contributed by atoms with Crippen molar-refractivity contribution in [2.75, 3.05) is 44.9 Å². The number of methoxy groups -OCH3 is 1. The quantitative estimate of drug-likeness (QED) is 0.762. The zero-order valence-electron chi connectivity index (χ0n) is 14.2. The summed E-state index contributed by atoms with van der Waals surface area (Å²) in [7, 11) is 0.979. The van der Waals surface area contributed by atoms with Crippen molar-refractivity contribution >= 4 is 16.9 Å². The molecule has 22 heavy (non-hydrogen) atoms. The molecule has 1 N–H and O–H groups in total. The van der Waals surface area contributed by atoms with Gasteiger partial charge in [-0.1, -0.05) is 0 Å². The number of ether oxygens (including phenoxy) is 2. The smallest absolute Gasteiger partial charge is 0.410 e. The van der Waals surface area contributed by atoms with E-state index in [9.17, 15) is 9.00 Å². The van der Waals surface area contributed by atoms with Crippen molar-refractivity contribution in [3.05, 3.63) is 0 Å². The van der Waals surface area contributed by atoms with Crippen LogP contribution in [0.3, 0.4) is 0 Å². The maximum Gasteiger partial charge on any atom is 0.410 e. The van der Waals surface area contributed by atoms with Gasteiger partial charge in [0.25, 0.3) is 0 Å². The van der Waals surface area contributed by atoms with E-state index in [1.54, 1.807) is 12.0 Å². The number of amides is 1. The van der Waals surface area contributed by atoms with Gasteiger partial charge in [-0.25, -0.2) is 4.79 Å². The predicted molar refractivity (Wildman–Crippen MR) is 88.6 cm³/mol. The minimum atomic E-state index is -0.639. The Morgan fingerprint density at radius 2 is 1.91 bits per heavy atom. The number of nitrogens with one attached hydrogen (secondary N) is 1. The lowest BCUT2D eigenvalue weighted by molar-refractivity contribution is 0.0202. The molecule has 1 aliphatic rings. The van der Waals surface area contributed by atoms with Crippen molar-refractivity contribution < 1.29 is 18.5 Å². The molecule has 0 atom stereocenters. The normalized spacial score (nSPS) is 22.4. The molecule has 7 heteroatoms. The minimum absolute atomic E-state index is 0.309. The van der Waals surface area contributed by atoms with Crippen LogP contribution in [0.4, 0.5) is 4.79 Å². The van der Waals surface area contributed by atoms with Gasteiger partial charge >= 0.3 is 6.09 Å². The van der Waals surface area contributed by atoms with E-state index < -0.39 is 16.4 Å². The Balaban J connectivity index is 2.37. The van der Waals surface area contributed by atoms with Crippen molar-refractivity contribution in [1.29, 1.82) is 0 Å². The van der Waals surface area contributed by atoms with E-state index in [0.29, 0.717) is 32.3 Å². The summed E-state index contributed by atoms with van der Waals surface area (Å²) in [5.41, 5.74) is -0.497. The Hall–Kier alpha value is -0.660. The standard InChI is InChI=1S/C15H30N2O4S/c1-15(2,3)21-14(18)17(9-10-20-4)8-7-16-13-5-11-22(19)12-6-13/h13,16H,5-12H2,1-4H3. The van der Waals surface area contributed by atoms with E-state index in [1.165, 1.54) is 0 Å². The van der Waals surface area contributed by atoms with E-state index >= 15 is 0 Å². The number of carbonyl (C=O) groups excluding carboxylic acids is 1. The monoisotopic (exact) mass is 334 g/mol. The van der Waals surface area contributed by atoms with Gasteiger partial charge in [-0.05, 0) is 33.6 Å². The summed E-state index contributed by atoms with van der Waals surface area (Å²) < 4.78 is 21.8. The first-order chi connectivity index (χ1) is 10.3. The maximum absolute atomic E-state index is 12.2. The van der Waals surface area contributed by atoms with E-state index in [2.05, 4.69) is 5.32 Å². The molecule has 0 aliphatic carbocycles. The van der Waals surface area contributed by atoms with Gasteiger partial charge in [0.1, 0.15) is 5.60 Å². The lowest BCUT2D eigenvalue weighted by atomic mass is 10.1. The number of nitrogens with zero attached hydrogens (tertiary/aromatic N) is 1. The molecule has 0 radical (unpaired) electrons. The Labute approximate surface area is 136 Å². The van der Waals surface area contributed by atoms with E-state index in [1.807, 2.05) is 20.8 Å². The molecule has 0 aromatic carbocycles. The summed E-state index contributed by atoms with van der Waals surface area (Å²) in [4.78, 5) is 13.8. The lowest BCUT2D eigenvalue weighted by Crippen LogP contribution is -2.44. The first-order valence-corrected chi connectivity index (χ1v) is 9.36. The molecule has 6 nitrogen and oxygen atoms in total. The molecular weight excluding hydrogens is 304 g/mol. The van der Waals surface area contributed by atoms with Crippen LogP contribution < -0.4 is 5.32 Å². The molecule has 0 aromatic heterocycles. The second kappa shape index (κ2) is 9.47. The van der Waals surface area contributed by atoms with Crippen LogP contribution in [-0.2, 0) is 20.3 Å². The minimum Gasteiger partial charge on any atom is -0.444 e. The van der Waals surface area contributed by atoms with Gasteiger partial charge in [0.05, 0.1) is 6.61 Å². The highest BCUT2D eigenvalue weighted by atomic mass is 32.2. The van der Waals surface area contributed by atoms with Gasteiger partial charge in [0.2, 0.25) is 0 Å². The first kappa shape index (κ1) is 19.4. The highest BCUT2D eigenvalue weighted by Gasteiger charge is 2.22. The third kappa shape index (κ3) is 8.10. The predicted octanol–water partition coefficient (Wildman–Crippen LogP) is 1.37. The molecule has 130 valence electrons. The average Bonchev–Trinajstić information content (AvgIpc) is 2.42. The molecule has 1 fully saturated rings. The molecular formula is C15H30N2O4S. The summed E-state index contributed by atoms with van der Waals surface area (Å²) in [5.74, 6) is 1.55. The average molecular weight is 334 g/mol. The van der Waals surface area contributed by atoms with E-state index in [4.69, 9.17) is 9.47 Å². The molecule has 0 saturated carbocycles. The van der Waals surface area contributed by atoms with Crippen LogP contribution in [0.2, 0.25) is 0 Å². The summed E-state index contributed by atoms with van der Waals surface area (Å²) in [6.07, 6.45) is 1.57. The molecule has 0 spiro atoms. The molecule has 0 bridgehead atoms. The summed E-state index contributed by atoms with van der Waals surface area (Å²) >= 11 is 0. The lowest BCUT2D eigenvalue weighted by Gasteiger charge is -2.28. The Morgan fingerprint density at radius 1 is 1.27 bits per heavy atom. The second-order valence-corrected chi connectivity index (χ2v) is 8.23. The van der Waals surface area contributed by atoms with Gasteiger partial charge in [0, 0.05) is 55.1 Å². The van der Waals surface area contributed by atoms with Crippen molar-refractivity contribution in [2.24, 2.45) is 0 Å². The molecule has 1 aliphatic heterocycles. The zero-order chi connectivity index (χ0) is 16.6. The van der Waals surface area contributed by atoms with Crippen molar-refractivity contribution in [1.82, 2.24) is 10.2 Å². The highest BCUT2D eigenvalue weighted by molar-refractivity contribution is 7.85. The van der Waals surface area contributed by atoms with Crippen LogP contribution in [0.1, 0.15) is 33.6 Å². The summed E-state index contributed by atoms with van der Waals surface area (Å²) in [6, 6.07) is 0.403. The Morgan fingerprint density at radius 3 is 2.45 bits per heavy atom. The van der Waals surface area contributed by atoms with E-state index in [-0.39, 0.29) is 6.09 Å². The molecule has 0 unspecified atom stereocenters. The van der Waals surface area contributed by atoms with Crippen LogP contribution in [0.15, 0.2) is 0 Å². The molecule has 1 amide bonds. The fraction of sp³-hybridized carbons (Fsp3) is 0.933. The van der Waals surface area contributed by atoms with Crippen LogP contribution in [0.25, 0.3) is 0 Å². The fourth-order valence-corrected chi connectivity index (χ4v) is 3.52. The number of hydrogen-bond donors (Lipinski definition) is 1. The largest absolute Gasteiger partial charge is 0.444 e. The highest BCUT2D eigenvalue weighted by Crippen LogP contribution is 2.11. The van der Waals surface area contributed by atoms with Gasteiger partial charge < -0.3 is 19.7 Å². The van der Waals surface area contributed by atoms with Gasteiger partial charge in [-0.2, -0.15) is 0 Å². The van der Waals surface area contributed by atoms with Gasteiger partial charge in [0.15, 0.2) is 0 Å². The Kier molecular flexibility index (Phi) is 8.35. The SMILES string of the molecule is COCCN(CCNC1CCS(=O)CC1)C(=O)OC(C)(C)C. The van der Waals surface area contributed by atoms with Crippen molar-refractivity contribution in [3.8, 4) is 0 Å². The molecule has 0 aromatic rings.